The van der Waals surface area contributed by atoms with Crippen LogP contribution in [-0.4, -0.2) is 55.0 Å². The van der Waals surface area contributed by atoms with Gasteiger partial charge < -0.3 is 25.2 Å². The molecule has 46 heavy (non-hydrogen) atoms. The summed E-state index contributed by atoms with van der Waals surface area (Å²) in [6.45, 7) is 16.3. The van der Waals surface area contributed by atoms with E-state index in [4.69, 9.17) is 4.74 Å². The van der Waals surface area contributed by atoms with E-state index in [1.54, 1.807) is 45.0 Å². The summed E-state index contributed by atoms with van der Waals surface area (Å²) in [4.78, 5) is 57.3. The molecule has 1 saturated carbocycles. The summed E-state index contributed by atoms with van der Waals surface area (Å²) in [6, 6.07) is 12.6. The molecule has 1 aliphatic heterocycles. The van der Waals surface area contributed by atoms with Gasteiger partial charge in [0.1, 0.15) is 11.6 Å². The largest absolute Gasteiger partial charge is 0.456 e. The van der Waals surface area contributed by atoms with E-state index < -0.39 is 29.1 Å². The van der Waals surface area contributed by atoms with Crippen molar-refractivity contribution < 1.29 is 23.9 Å². The number of fused-ring (bicyclic) bond motifs is 2. The van der Waals surface area contributed by atoms with Crippen molar-refractivity contribution >= 4 is 40.8 Å². The topological polar surface area (TPSA) is 108 Å². The standard InChI is InChI=1S/C37H48N4O5/c1-35(2,3)31(42)22-41-30-15-10-9-14-29(30)40(20-24-16-17-25-19-27(24)37(25,7)8)21-28(32(41)43)39-34(45)38-26-13-11-12-23(18-26)33(44)46-36(4,5)6/h9-16,18,25,27-28H,17,19-22H2,1-8H3,(H2,38,39,45)/t25?,27-,28-/m1/s1. The molecular weight excluding hydrogens is 580 g/mol. The lowest BCUT2D eigenvalue weighted by Crippen LogP contribution is -2.55. The second-order valence-corrected chi connectivity index (χ2v) is 15.5. The van der Waals surface area contributed by atoms with Crippen LogP contribution in [0.25, 0.3) is 0 Å². The number of esters is 1. The third-order valence-corrected chi connectivity index (χ3v) is 9.63. The quantitative estimate of drug-likeness (QED) is 0.265. The fraction of sp³-hybridized carbons (Fsp3) is 0.514. The van der Waals surface area contributed by atoms with Gasteiger partial charge in [-0.05, 0) is 81.2 Å². The van der Waals surface area contributed by atoms with E-state index in [1.807, 2.05) is 45.0 Å². The molecule has 0 radical (unpaired) electrons. The molecule has 0 aromatic heterocycles. The third-order valence-electron chi connectivity index (χ3n) is 9.63. The molecule has 0 saturated heterocycles. The second-order valence-electron chi connectivity index (χ2n) is 15.5. The average Bonchev–Trinajstić information content (AvgIpc) is 3.06. The minimum atomic E-state index is -0.944. The number of carbonyl (C=O) groups is 4. The van der Waals surface area contributed by atoms with E-state index in [-0.39, 0.29) is 30.2 Å². The number of carbonyl (C=O) groups excluding carboxylic acids is 4. The lowest BCUT2D eigenvalue weighted by molar-refractivity contribution is -0.127. The van der Waals surface area contributed by atoms with E-state index in [9.17, 15) is 19.2 Å². The molecule has 6 rings (SSSR count). The Hall–Kier alpha value is -4.14. The smallest absolute Gasteiger partial charge is 0.338 e. The molecule has 1 heterocycles. The summed E-state index contributed by atoms with van der Waals surface area (Å²) in [5.74, 6) is 0.240. The van der Waals surface area contributed by atoms with Crippen molar-refractivity contribution in [1.82, 2.24) is 5.32 Å². The Morgan fingerprint density at radius 1 is 0.978 bits per heavy atom. The van der Waals surface area contributed by atoms with E-state index in [0.29, 0.717) is 35.3 Å². The zero-order chi connectivity index (χ0) is 33.6. The summed E-state index contributed by atoms with van der Waals surface area (Å²) in [5, 5.41) is 5.68. The number of hydrogen-bond donors (Lipinski definition) is 2. The summed E-state index contributed by atoms with van der Waals surface area (Å²) >= 11 is 0. The average molecular weight is 629 g/mol. The van der Waals surface area contributed by atoms with Crippen LogP contribution in [0.3, 0.4) is 0 Å². The van der Waals surface area contributed by atoms with Gasteiger partial charge in [-0.1, -0.05) is 64.5 Å². The number of anilines is 3. The van der Waals surface area contributed by atoms with Gasteiger partial charge in [-0.25, -0.2) is 9.59 Å². The number of nitrogens with one attached hydrogen (secondary N) is 2. The van der Waals surface area contributed by atoms with E-state index >= 15 is 0 Å². The van der Waals surface area contributed by atoms with Crippen LogP contribution in [0.15, 0.2) is 60.2 Å². The number of benzene rings is 2. The van der Waals surface area contributed by atoms with Crippen LogP contribution in [0.5, 0.6) is 0 Å². The fourth-order valence-electron chi connectivity index (χ4n) is 6.73. The molecule has 1 fully saturated rings. The summed E-state index contributed by atoms with van der Waals surface area (Å²) in [5.41, 5.74) is 2.47. The highest BCUT2D eigenvalue weighted by atomic mass is 16.6. The first kappa shape index (κ1) is 33.2. The zero-order valence-electron chi connectivity index (χ0n) is 28.4. The summed E-state index contributed by atoms with van der Waals surface area (Å²) < 4.78 is 5.47. The Labute approximate surface area is 272 Å². The molecule has 4 aliphatic rings. The molecule has 9 nitrogen and oxygen atoms in total. The highest BCUT2D eigenvalue weighted by Crippen LogP contribution is 2.59. The number of rotatable bonds is 7. The summed E-state index contributed by atoms with van der Waals surface area (Å²) in [6.07, 6.45) is 4.57. The number of Topliss-reactive ketones (excluding diaryl/α,β-unsaturated/α-hetero) is 1. The molecule has 9 heteroatoms. The van der Waals surface area contributed by atoms with Crippen LogP contribution in [-0.2, 0) is 14.3 Å². The minimum Gasteiger partial charge on any atom is -0.456 e. The normalized spacial score (nSPS) is 22.1. The molecule has 3 amide bonds. The van der Waals surface area contributed by atoms with E-state index in [1.165, 1.54) is 16.9 Å². The van der Waals surface area contributed by atoms with Gasteiger partial charge in [0.05, 0.1) is 23.5 Å². The van der Waals surface area contributed by atoms with Crippen molar-refractivity contribution in [2.24, 2.45) is 22.7 Å². The maximum Gasteiger partial charge on any atom is 0.338 e. The highest BCUT2D eigenvalue weighted by molar-refractivity contribution is 6.08. The molecule has 3 aliphatic carbocycles. The second kappa shape index (κ2) is 12.2. The van der Waals surface area contributed by atoms with Crippen molar-refractivity contribution in [2.75, 3.05) is 34.8 Å². The van der Waals surface area contributed by atoms with Gasteiger partial charge in [0.15, 0.2) is 5.78 Å². The molecular formula is C37H48N4O5. The number of ether oxygens (including phenoxy) is 1. The van der Waals surface area contributed by atoms with Crippen molar-refractivity contribution in [3.05, 3.63) is 65.7 Å². The van der Waals surface area contributed by atoms with Crippen molar-refractivity contribution in [3.8, 4) is 0 Å². The highest BCUT2D eigenvalue weighted by Gasteiger charge is 2.51. The summed E-state index contributed by atoms with van der Waals surface area (Å²) in [7, 11) is 0. The maximum atomic E-state index is 14.3. The first-order valence-electron chi connectivity index (χ1n) is 16.2. The van der Waals surface area contributed by atoms with Crippen LogP contribution in [0.1, 0.15) is 78.6 Å². The van der Waals surface area contributed by atoms with Crippen molar-refractivity contribution in [1.29, 1.82) is 0 Å². The van der Waals surface area contributed by atoms with Crippen LogP contribution in [0, 0.1) is 22.7 Å². The number of ketones is 1. The number of allylic oxidation sites excluding steroid dienone is 1. The predicted octanol–water partition coefficient (Wildman–Crippen LogP) is 6.59. The maximum absolute atomic E-state index is 14.3. The Balaban J connectivity index is 1.42. The van der Waals surface area contributed by atoms with Crippen molar-refractivity contribution in [3.63, 3.8) is 0 Å². The molecule has 1 unspecified atom stereocenters. The lowest BCUT2D eigenvalue weighted by atomic mass is 9.49. The molecule has 246 valence electrons. The fourth-order valence-corrected chi connectivity index (χ4v) is 6.73. The van der Waals surface area contributed by atoms with Crippen LogP contribution < -0.4 is 20.4 Å². The van der Waals surface area contributed by atoms with Crippen LogP contribution in [0.2, 0.25) is 0 Å². The predicted molar refractivity (Wildman–Crippen MR) is 181 cm³/mol. The van der Waals surface area contributed by atoms with Gasteiger partial charge in [-0.2, -0.15) is 0 Å². The van der Waals surface area contributed by atoms with Gasteiger partial charge in [-0.3, -0.25) is 9.59 Å². The zero-order valence-corrected chi connectivity index (χ0v) is 28.4. The molecule has 3 atom stereocenters. The van der Waals surface area contributed by atoms with Crippen LogP contribution >= 0.6 is 0 Å². The van der Waals surface area contributed by atoms with Gasteiger partial charge in [-0.15, -0.1) is 0 Å². The Morgan fingerprint density at radius 2 is 1.67 bits per heavy atom. The van der Waals surface area contributed by atoms with Gasteiger partial charge in [0.25, 0.3) is 5.91 Å². The van der Waals surface area contributed by atoms with E-state index in [2.05, 4.69) is 35.5 Å². The molecule has 2 N–H and O–H groups in total. The monoisotopic (exact) mass is 628 g/mol. The van der Waals surface area contributed by atoms with Gasteiger partial charge in [0.2, 0.25) is 0 Å². The molecule has 2 aromatic rings. The molecule has 0 spiro atoms. The van der Waals surface area contributed by atoms with Crippen molar-refractivity contribution in [2.45, 2.75) is 79.9 Å². The SMILES string of the molecule is CC(C)(C)OC(=O)c1cccc(NC(=O)N[C@@H]2CN(CC3=CCC4C[C@H]3C4(C)C)c3ccccc3N(CC(=O)C(C)(C)C)C2=O)c1. The first-order chi connectivity index (χ1) is 21.4. The number of para-hydroxylation sites is 2. The lowest BCUT2D eigenvalue weighted by Gasteiger charge is -2.57. The number of nitrogens with zero attached hydrogens (tertiary/aromatic N) is 2. The Kier molecular flexibility index (Phi) is 8.83. The van der Waals surface area contributed by atoms with Gasteiger partial charge in [0, 0.05) is 24.2 Å². The van der Waals surface area contributed by atoms with Crippen LogP contribution in [0.4, 0.5) is 21.9 Å². The number of amides is 3. The molecule has 2 bridgehead atoms. The van der Waals surface area contributed by atoms with E-state index in [0.717, 1.165) is 12.1 Å². The Morgan fingerprint density at radius 3 is 2.30 bits per heavy atom. The third kappa shape index (κ3) is 6.98. The number of urea groups is 1. The van der Waals surface area contributed by atoms with Gasteiger partial charge >= 0.3 is 12.0 Å². The minimum absolute atomic E-state index is 0.0801. The first-order valence-corrected chi connectivity index (χ1v) is 16.2. The Bertz CT molecular complexity index is 1560. The number of hydrogen-bond acceptors (Lipinski definition) is 6. The molecule has 2 aromatic carbocycles.